The molecule has 0 saturated carbocycles. The first-order valence-corrected chi connectivity index (χ1v) is 7.39. The fraction of sp³-hybridized carbons (Fsp3) is 0.562. The number of hydrogen-bond acceptors (Lipinski definition) is 3. The molecule has 0 aliphatic carbocycles. The lowest BCUT2D eigenvalue weighted by Crippen LogP contribution is -2.47. The van der Waals surface area contributed by atoms with Crippen molar-refractivity contribution in [2.24, 2.45) is 0 Å². The minimum absolute atomic E-state index is 0.0845. The number of carbonyl (C=O) groups excluding carboxylic acids is 1. The zero-order chi connectivity index (χ0) is 14.4. The van der Waals surface area contributed by atoms with Crippen molar-refractivity contribution in [2.75, 3.05) is 27.2 Å². The molecular weight excluding hydrogens is 250 g/mol. The molecule has 20 heavy (non-hydrogen) atoms. The Morgan fingerprint density at radius 1 is 1.30 bits per heavy atom. The fourth-order valence-electron chi connectivity index (χ4n) is 2.53. The van der Waals surface area contributed by atoms with Crippen molar-refractivity contribution in [3.8, 4) is 0 Å². The van der Waals surface area contributed by atoms with Gasteiger partial charge in [0.05, 0.1) is 6.04 Å². The zero-order valence-corrected chi connectivity index (χ0v) is 12.5. The third-order valence-corrected chi connectivity index (χ3v) is 3.73. The first kappa shape index (κ1) is 15.0. The normalized spacial score (nSPS) is 17.9. The van der Waals surface area contributed by atoms with Crippen molar-refractivity contribution in [1.29, 1.82) is 0 Å². The Bertz CT molecular complexity index is 445. The molecule has 4 heteroatoms. The predicted molar refractivity (Wildman–Crippen MR) is 81.6 cm³/mol. The molecule has 1 aromatic rings. The van der Waals surface area contributed by atoms with Crippen molar-refractivity contribution in [3.63, 3.8) is 0 Å². The lowest BCUT2D eigenvalue weighted by atomic mass is 9.95. The monoisotopic (exact) mass is 275 g/mol. The minimum Gasteiger partial charge on any atom is -0.355 e. The highest BCUT2D eigenvalue weighted by molar-refractivity contribution is 5.82. The summed E-state index contributed by atoms with van der Waals surface area (Å²) in [5.41, 5.74) is 2.60. The van der Waals surface area contributed by atoms with Crippen LogP contribution in [0.25, 0.3) is 0 Å². The third kappa shape index (κ3) is 4.32. The van der Waals surface area contributed by atoms with E-state index in [1.807, 2.05) is 12.1 Å². The van der Waals surface area contributed by atoms with Gasteiger partial charge in [-0.15, -0.1) is 0 Å². The van der Waals surface area contributed by atoms with Gasteiger partial charge in [0.15, 0.2) is 0 Å². The molecular formula is C16H25N3O. The highest BCUT2D eigenvalue weighted by Gasteiger charge is 2.23. The van der Waals surface area contributed by atoms with Gasteiger partial charge in [0.1, 0.15) is 0 Å². The van der Waals surface area contributed by atoms with Gasteiger partial charge in [0, 0.05) is 13.1 Å². The van der Waals surface area contributed by atoms with E-state index in [1.165, 1.54) is 11.1 Å². The maximum absolute atomic E-state index is 12.1. The van der Waals surface area contributed by atoms with Crippen LogP contribution in [-0.4, -0.2) is 44.0 Å². The van der Waals surface area contributed by atoms with Gasteiger partial charge in [0.2, 0.25) is 5.91 Å². The average Bonchev–Trinajstić information content (AvgIpc) is 2.46. The Labute approximate surface area is 121 Å². The molecule has 0 aromatic heterocycles. The summed E-state index contributed by atoms with van der Waals surface area (Å²) < 4.78 is 0. The van der Waals surface area contributed by atoms with Crippen molar-refractivity contribution in [3.05, 3.63) is 35.4 Å². The Morgan fingerprint density at radius 2 is 2.05 bits per heavy atom. The number of carbonyl (C=O) groups is 1. The van der Waals surface area contributed by atoms with Gasteiger partial charge in [-0.25, -0.2) is 0 Å². The topological polar surface area (TPSA) is 44.4 Å². The molecule has 1 aromatic carbocycles. The lowest BCUT2D eigenvalue weighted by Gasteiger charge is -2.25. The molecule has 0 radical (unpaired) electrons. The number of nitrogens with one attached hydrogen (secondary N) is 2. The molecule has 1 atom stereocenters. The molecule has 2 N–H and O–H groups in total. The summed E-state index contributed by atoms with van der Waals surface area (Å²) in [4.78, 5) is 14.3. The molecule has 0 spiro atoms. The molecule has 1 amide bonds. The second-order valence-electron chi connectivity index (χ2n) is 5.71. The van der Waals surface area contributed by atoms with Crippen molar-refractivity contribution >= 4 is 5.91 Å². The van der Waals surface area contributed by atoms with Crippen molar-refractivity contribution in [2.45, 2.75) is 31.8 Å². The molecule has 1 unspecified atom stereocenters. The number of unbranched alkanes of at least 4 members (excludes halogenated alkanes) is 1. The van der Waals surface area contributed by atoms with Gasteiger partial charge in [0.25, 0.3) is 0 Å². The standard InChI is InChI=1S/C16H25N3O/c1-19(2)10-6-5-9-17-16(20)15-11-13-7-3-4-8-14(13)12-18-15/h3-4,7-8,15,18H,5-6,9-12H2,1-2H3,(H,17,20). The van der Waals surface area contributed by atoms with Gasteiger partial charge in [-0.05, 0) is 51.0 Å². The second kappa shape index (κ2) is 7.41. The molecule has 1 aliphatic heterocycles. The lowest BCUT2D eigenvalue weighted by molar-refractivity contribution is -0.123. The van der Waals surface area contributed by atoms with Crippen molar-refractivity contribution < 1.29 is 4.79 Å². The fourth-order valence-corrected chi connectivity index (χ4v) is 2.53. The number of amides is 1. The third-order valence-electron chi connectivity index (χ3n) is 3.73. The smallest absolute Gasteiger partial charge is 0.237 e. The predicted octanol–water partition coefficient (Wildman–Crippen LogP) is 1.16. The van der Waals surface area contributed by atoms with E-state index in [0.29, 0.717) is 0 Å². The quantitative estimate of drug-likeness (QED) is 0.766. The Balaban J connectivity index is 1.72. The van der Waals surface area contributed by atoms with Gasteiger partial charge in [-0.2, -0.15) is 0 Å². The van der Waals surface area contributed by atoms with E-state index in [1.54, 1.807) is 0 Å². The summed E-state index contributed by atoms with van der Waals surface area (Å²) in [5.74, 6) is 0.129. The molecule has 0 bridgehead atoms. The first-order chi connectivity index (χ1) is 9.66. The van der Waals surface area contributed by atoms with Gasteiger partial charge in [-0.1, -0.05) is 24.3 Å². The van der Waals surface area contributed by atoms with Crippen LogP contribution in [0.2, 0.25) is 0 Å². The number of benzene rings is 1. The first-order valence-electron chi connectivity index (χ1n) is 7.39. The van der Waals surface area contributed by atoms with E-state index in [2.05, 4.69) is 41.8 Å². The van der Waals surface area contributed by atoms with Crippen LogP contribution in [0.1, 0.15) is 24.0 Å². The van der Waals surface area contributed by atoms with E-state index in [0.717, 1.165) is 38.9 Å². The summed E-state index contributed by atoms with van der Waals surface area (Å²) in [7, 11) is 4.14. The minimum atomic E-state index is -0.0845. The van der Waals surface area contributed by atoms with Gasteiger partial charge in [-0.3, -0.25) is 4.79 Å². The molecule has 1 aliphatic rings. The number of nitrogens with zero attached hydrogens (tertiary/aromatic N) is 1. The van der Waals surface area contributed by atoms with Crippen LogP contribution in [0.5, 0.6) is 0 Å². The van der Waals surface area contributed by atoms with E-state index in [4.69, 9.17) is 0 Å². The average molecular weight is 275 g/mol. The highest BCUT2D eigenvalue weighted by atomic mass is 16.2. The summed E-state index contributed by atoms with van der Waals surface area (Å²) in [6.45, 7) is 2.63. The van der Waals surface area contributed by atoms with E-state index in [9.17, 15) is 4.79 Å². The zero-order valence-electron chi connectivity index (χ0n) is 12.5. The SMILES string of the molecule is CN(C)CCCCNC(=O)C1Cc2ccccc2CN1. The van der Waals surface area contributed by atoms with Crippen molar-refractivity contribution in [1.82, 2.24) is 15.5 Å². The summed E-state index contributed by atoms with van der Waals surface area (Å²) >= 11 is 0. The van der Waals surface area contributed by atoms with Crippen LogP contribution in [0.15, 0.2) is 24.3 Å². The molecule has 4 nitrogen and oxygen atoms in total. The van der Waals surface area contributed by atoms with Gasteiger partial charge >= 0.3 is 0 Å². The highest BCUT2D eigenvalue weighted by Crippen LogP contribution is 2.16. The summed E-state index contributed by atoms with van der Waals surface area (Å²) in [5, 5.41) is 6.35. The summed E-state index contributed by atoms with van der Waals surface area (Å²) in [6, 6.07) is 8.25. The van der Waals surface area contributed by atoms with Crippen LogP contribution < -0.4 is 10.6 Å². The van der Waals surface area contributed by atoms with Crippen LogP contribution in [0, 0.1) is 0 Å². The molecule has 1 heterocycles. The van der Waals surface area contributed by atoms with Crippen LogP contribution >= 0.6 is 0 Å². The van der Waals surface area contributed by atoms with Crippen LogP contribution in [0.3, 0.4) is 0 Å². The van der Waals surface area contributed by atoms with E-state index < -0.39 is 0 Å². The number of rotatable bonds is 6. The maximum Gasteiger partial charge on any atom is 0.237 e. The van der Waals surface area contributed by atoms with E-state index in [-0.39, 0.29) is 11.9 Å². The Morgan fingerprint density at radius 3 is 2.80 bits per heavy atom. The molecule has 0 saturated heterocycles. The largest absolute Gasteiger partial charge is 0.355 e. The molecule has 110 valence electrons. The molecule has 0 fully saturated rings. The molecule has 2 rings (SSSR count). The second-order valence-corrected chi connectivity index (χ2v) is 5.71. The van der Waals surface area contributed by atoms with E-state index >= 15 is 0 Å². The number of hydrogen-bond donors (Lipinski definition) is 2. The van der Waals surface area contributed by atoms with Crippen LogP contribution in [0.4, 0.5) is 0 Å². The maximum atomic E-state index is 12.1. The van der Waals surface area contributed by atoms with Gasteiger partial charge < -0.3 is 15.5 Å². The Kier molecular flexibility index (Phi) is 5.56. The number of fused-ring (bicyclic) bond motifs is 1. The Hall–Kier alpha value is -1.39. The summed E-state index contributed by atoms with van der Waals surface area (Å²) in [6.07, 6.45) is 2.95. The van der Waals surface area contributed by atoms with Crippen LogP contribution in [-0.2, 0) is 17.8 Å².